The summed E-state index contributed by atoms with van der Waals surface area (Å²) in [7, 11) is 0. The maximum Gasteiger partial charge on any atom is 0.312 e. The molecule has 1 fully saturated rings. The van der Waals surface area contributed by atoms with Crippen molar-refractivity contribution in [3.05, 3.63) is 27.9 Å². The molecule has 0 aliphatic heterocycles. The van der Waals surface area contributed by atoms with Gasteiger partial charge in [-0.25, -0.2) is 4.98 Å². The molecule has 1 saturated carbocycles. The van der Waals surface area contributed by atoms with Crippen molar-refractivity contribution in [1.82, 2.24) is 4.98 Å². The van der Waals surface area contributed by atoms with E-state index >= 15 is 0 Å². The highest BCUT2D eigenvalue weighted by molar-refractivity contribution is 5.59. The number of pyridine rings is 1. The van der Waals surface area contributed by atoms with E-state index in [1.165, 1.54) is 12.3 Å². The summed E-state index contributed by atoms with van der Waals surface area (Å²) in [6.45, 7) is 2.09. The molecule has 0 radical (unpaired) electrons. The van der Waals surface area contributed by atoms with Crippen LogP contribution in [0, 0.1) is 27.4 Å². The Labute approximate surface area is 98.4 Å². The van der Waals surface area contributed by atoms with Crippen LogP contribution in [0.3, 0.4) is 0 Å². The van der Waals surface area contributed by atoms with E-state index in [4.69, 9.17) is 5.26 Å². The second kappa shape index (κ2) is 4.37. The Kier molecular flexibility index (Phi) is 2.91. The molecule has 88 valence electrons. The maximum absolute atomic E-state index is 10.9. The van der Waals surface area contributed by atoms with E-state index in [1.54, 1.807) is 0 Å². The molecule has 0 spiro atoms. The number of aromatic nitrogens is 1. The molecule has 1 heterocycles. The lowest BCUT2D eigenvalue weighted by Gasteiger charge is -2.05. The molecule has 1 aromatic rings. The fraction of sp³-hybridized carbons (Fsp3) is 0.455. The molecule has 2 atom stereocenters. The fourth-order valence-corrected chi connectivity index (χ4v) is 1.82. The third-order valence-electron chi connectivity index (χ3n) is 2.96. The fourth-order valence-electron chi connectivity index (χ4n) is 1.82. The van der Waals surface area contributed by atoms with Crippen LogP contribution in [0.15, 0.2) is 12.3 Å². The molecule has 2 unspecified atom stereocenters. The lowest BCUT2D eigenvalue weighted by atomic mass is 10.2. The first-order chi connectivity index (χ1) is 8.15. The van der Waals surface area contributed by atoms with Gasteiger partial charge >= 0.3 is 5.69 Å². The predicted octanol–water partition coefficient (Wildman–Crippen LogP) is 2.07. The second-order valence-electron chi connectivity index (χ2n) is 4.12. The van der Waals surface area contributed by atoms with Gasteiger partial charge in [0, 0.05) is 18.3 Å². The van der Waals surface area contributed by atoms with Crippen LogP contribution < -0.4 is 5.32 Å². The van der Waals surface area contributed by atoms with Crippen molar-refractivity contribution in [2.75, 3.05) is 5.32 Å². The molecule has 1 aromatic heterocycles. The van der Waals surface area contributed by atoms with Crippen molar-refractivity contribution in [1.29, 1.82) is 5.26 Å². The Morgan fingerprint density at radius 2 is 2.53 bits per heavy atom. The summed E-state index contributed by atoms with van der Waals surface area (Å²) in [5.41, 5.74) is 0.0656. The number of hydrogen-bond acceptors (Lipinski definition) is 5. The maximum atomic E-state index is 10.9. The van der Waals surface area contributed by atoms with E-state index in [-0.39, 0.29) is 23.1 Å². The molecule has 6 heteroatoms. The number of nitrogens with one attached hydrogen (secondary N) is 1. The molecule has 17 heavy (non-hydrogen) atoms. The first-order valence-electron chi connectivity index (χ1n) is 5.46. The van der Waals surface area contributed by atoms with Crippen LogP contribution in [-0.2, 0) is 0 Å². The van der Waals surface area contributed by atoms with Gasteiger partial charge < -0.3 is 5.32 Å². The monoisotopic (exact) mass is 232 g/mol. The quantitative estimate of drug-likeness (QED) is 0.633. The van der Waals surface area contributed by atoms with Crippen LogP contribution in [0.5, 0.6) is 0 Å². The van der Waals surface area contributed by atoms with Crippen molar-refractivity contribution in [2.45, 2.75) is 25.8 Å². The average Bonchev–Trinajstić information content (AvgIpc) is 3.07. The minimum Gasteiger partial charge on any atom is -0.361 e. The Hall–Kier alpha value is -2.16. The summed E-state index contributed by atoms with van der Waals surface area (Å²) >= 11 is 0. The topological polar surface area (TPSA) is 91.8 Å². The molecule has 0 bridgehead atoms. The van der Waals surface area contributed by atoms with Gasteiger partial charge in [0.15, 0.2) is 0 Å². The summed E-state index contributed by atoms with van der Waals surface area (Å²) in [5.74, 6) is 0.835. The minimum atomic E-state index is -0.514. The molecule has 1 aliphatic rings. The number of anilines is 1. The zero-order chi connectivity index (χ0) is 12.4. The predicted molar refractivity (Wildman–Crippen MR) is 61.4 cm³/mol. The SMILES string of the molecule is CCC1CC1Nc1ncc(C#N)cc1[N+](=O)[O-]. The summed E-state index contributed by atoms with van der Waals surface area (Å²) in [6.07, 6.45) is 3.43. The van der Waals surface area contributed by atoms with Gasteiger partial charge in [0.05, 0.1) is 10.5 Å². The van der Waals surface area contributed by atoms with Gasteiger partial charge in [-0.3, -0.25) is 10.1 Å². The standard InChI is InChI=1S/C11H12N4O2/c1-2-8-4-9(8)14-11-10(15(16)17)3-7(5-12)6-13-11/h3,6,8-9H,2,4H2,1H3,(H,13,14). The first-order valence-corrected chi connectivity index (χ1v) is 5.46. The Morgan fingerprint density at radius 3 is 3.06 bits per heavy atom. The minimum absolute atomic E-state index is 0.134. The van der Waals surface area contributed by atoms with Crippen molar-refractivity contribution >= 4 is 11.5 Å². The second-order valence-corrected chi connectivity index (χ2v) is 4.12. The van der Waals surface area contributed by atoms with Crippen molar-refractivity contribution < 1.29 is 4.92 Å². The molecule has 0 amide bonds. The summed E-state index contributed by atoms with van der Waals surface area (Å²) in [5, 5.41) is 22.6. The highest BCUT2D eigenvalue weighted by Crippen LogP contribution is 2.37. The third-order valence-corrected chi connectivity index (χ3v) is 2.96. The highest BCUT2D eigenvalue weighted by Gasteiger charge is 2.36. The number of hydrogen-bond donors (Lipinski definition) is 1. The van der Waals surface area contributed by atoms with Gasteiger partial charge in [0.2, 0.25) is 5.82 Å². The van der Waals surface area contributed by atoms with Crippen LogP contribution in [0.1, 0.15) is 25.3 Å². The normalized spacial score (nSPS) is 21.6. The van der Waals surface area contributed by atoms with Crippen molar-refractivity contribution in [3.63, 3.8) is 0 Å². The zero-order valence-corrected chi connectivity index (χ0v) is 9.38. The van der Waals surface area contributed by atoms with Gasteiger partial charge in [0.25, 0.3) is 0 Å². The Balaban J connectivity index is 2.22. The van der Waals surface area contributed by atoms with E-state index in [0.717, 1.165) is 12.8 Å². The molecule has 0 aromatic carbocycles. The van der Waals surface area contributed by atoms with E-state index < -0.39 is 4.92 Å². The molecule has 1 aliphatic carbocycles. The first kappa shape index (κ1) is 11.3. The van der Waals surface area contributed by atoms with Gasteiger partial charge in [-0.15, -0.1) is 0 Å². The van der Waals surface area contributed by atoms with Crippen LogP contribution >= 0.6 is 0 Å². The summed E-state index contributed by atoms with van der Waals surface area (Å²) < 4.78 is 0. The number of nitriles is 1. The van der Waals surface area contributed by atoms with E-state index in [0.29, 0.717) is 5.92 Å². The molecule has 2 rings (SSSR count). The summed E-state index contributed by atoms with van der Waals surface area (Å²) in [6, 6.07) is 3.37. The van der Waals surface area contributed by atoms with Crippen LogP contribution in [-0.4, -0.2) is 15.9 Å². The Bertz CT molecular complexity index is 495. The highest BCUT2D eigenvalue weighted by atomic mass is 16.6. The molecular formula is C11H12N4O2. The van der Waals surface area contributed by atoms with E-state index in [9.17, 15) is 10.1 Å². The lowest BCUT2D eigenvalue weighted by molar-refractivity contribution is -0.384. The van der Waals surface area contributed by atoms with Gasteiger partial charge in [0.1, 0.15) is 6.07 Å². The van der Waals surface area contributed by atoms with Crippen molar-refractivity contribution in [3.8, 4) is 6.07 Å². The Morgan fingerprint density at radius 1 is 1.76 bits per heavy atom. The smallest absolute Gasteiger partial charge is 0.312 e. The van der Waals surface area contributed by atoms with Crippen LogP contribution in [0.4, 0.5) is 11.5 Å². The van der Waals surface area contributed by atoms with Gasteiger partial charge in [-0.05, 0) is 12.3 Å². The average molecular weight is 232 g/mol. The van der Waals surface area contributed by atoms with Crippen molar-refractivity contribution in [2.24, 2.45) is 5.92 Å². The third kappa shape index (κ3) is 2.33. The number of nitro groups is 1. The molecule has 1 N–H and O–H groups in total. The molecule has 6 nitrogen and oxygen atoms in total. The number of rotatable bonds is 4. The van der Waals surface area contributed by atoms with Gasteiger partial charge in [-0.2, -0.15) is 5.26 Å². The zero-order valence-electron chi connectivity index (χ0n) is 9.38. The van der Waals surface area contributed by atoms with E-state index in [1.807, 2.05) is 6.07 Å². The largest absolute Gasteiger partial charge is 0.361 e. The van der Waals surface area contributed by atoms with Crippen LogP contribution in [0.25, 0.3) is 0 Å². The van der Waals surface area contributed by atoms with Gasteiger partial charge in [-0.1, -0.05) is 13.3 Å². The molecular weight excluding hydrogens is 220 g/mol. The van der Waals surface area contributed by atoms with Crippen LogP contribution in [0.2, 0.25) is 0 Å². The van der Waals surface area contributed by atoms with E-state index in [2.05, 4.69) is 17.2 Å². The summed E-state index contributed by atoms with van der Waals surface area (Å²) in [4.78, 5) is 14.3. The molecule has 0 saturated heterocycles. The number of nitrogens with zero attached hydrogens (tertiary/aromatic N) is 3. The lowest BCUT2D eigenvalue weighted by Crippen LogP contribution is -2.08.